The van der Waals surface area contributed by atoms with Crippen LogP contribution in [-0.4, -0.2) is 51.5 Å². The molecule has 2 aromatic heterocycles. The van der Waals surface area contributed by atoms with Crippen molar-refractivity contribution < 1.29 is 9.26 Å². The van der Waals surface area contributed by atoms with E-state index in [0.717, 1.165) is 32.7 Å². The smallest absolute Gasteiger partial charge is 0.244 e. The van der Waals surface area contributed by atoms with Crippen LogP contribution in [0.15, 0.2) is 22.9 Å². The first-order valence-corrected chi connectivity index (χ1v) is 6.82. The zero-order valence-electron chi connectivity index (χ0n) is 11.4. The first-order chi connectivity index (χ1) is 9.88. The lowest BCUT2D eigenvalue weighted by Crippen LogP contribution is -2.39. The minimum Gasteiger partial charge on any atom is -0.379 e. The zero-order valence-corrected chi connectivity index (χ0v) is 11.4. The summed E-state index contributed by atoms with van der Waals surface area (Å²) in [5, 5.41) is 11.8. The highest BCUT2D eigenvalue weighted by molar-refractivity contribution is 5.46. The van der Waals surface area contributed by atoms with Crippen LogP contribution in [-0.2, 0) is 4.74 Å². The second kappa shape index (κ2) is 6.06. The Bertz CT molecular complexity index is 539. The van der Waals surface area contributed by atoms with Crippen LogP contribution in [0.5, 0.6) is 0 Å². The average molecular weight is 275 g/mol. The molecule has 0 saturated carbocycles. The maximum Gasteiger partial charge on any atom is 0.244 e. The molecule has 3 rings (SSSR count). The lowest BCUT2D eigenvalue weighted by atomic mass is 10.2. The van der Waals surface area contributed by atoms with Gasteiger partial charge in [-0.25, -0.2) is 0 Å². The fourth-order valence-electron chi connectivity index (χ4n) is 2.37. The Morgan fingerprint density at radius 2 is 2.20 bits per heavy atom. The van der Waals surface area contributed by atoms with Gasteiger partial charge in [0.25, 0.3) is 0 Å². The predicted octanol–water partition coefficient (Wildman–Crippen LogP) is 1.31. The third-order valence-electron chi connectivity index (χ3n) is 3.40. The lowest BCUT2D eigenvalue weighted by Gasteiger charge is -2.31. The van der Waals surface area contributed by atoms with Crippen LogP contribution in [0.3, 0.4) is 0 Å². The molecule has 0 amide bonds. The van der Waals surface area contributed by atoms with Crippen molar-refractivity contribution in [1.29, 1.82) is 0 Å². The van der Waals surface area contributed by atoms with Crippen molar-refractivity contribution in [2.45, 2.75) is 19.4 Å². The topological polar surface area (TPSA) is 77.2 Å². The second-order valence-electron chi connectivity index (χ2n) is 4.64. The Labute approximate surface area is 117 Å². The number of hydrogen-bond donors (Lipinski definition) is 0. The van der Waals surface area contributed by atoms with Gasteiger partial charge >= 0.3 is 0 Å². The molecular weight excluding hydrogens is 258 g/mol. The molecule has 0 aromatic carbocycles. The number of aromatic nitrogens is 4. The second-order valence-corrected chi connectivity index (χ2v) is 4.64. The lowest BCUT2D eigenvalue weighted by molar-refractivity contribution is 0.00820. The summed E-state index contributed by atoms with van der Waals surface area (Å²) in [4.78, 5) is 6.78. The van der Waals surface area contributed by atoms with Crippen LogP contribution in [0.2, 0.25) is 0 Å². The first kappa shape index (κ1) is 13.1. The Balaban J connectivity index is 1.80. The van der Waals surface area contributed by atoms with Gasteiger partial charge in [0.1, 0.15) is 5.69 Å². The molecule has 106 valence electrons. The van der Waals surface area contributed by atoms with Crippen LogP contribution in [0.4, 0.5) is 0 Å². The molecule has 1 saturated heterocycles. The van der Waals surface area contributed by atoms with Gasteiger partial charge in [0.05, 0.1) is 19.3 Å². The Hall–Kier alpha value is -1.86. The van der Waals surface area contributed by atoms with Gasteiger partial charge in [0.2, 0.25) is 11.7 Å². The molecule has 0 N–H and O–H groups in total. The standard InChI is InChI=1S/C13H17N5O2/c1-2-11(18-6-8-19-9-7-18)13-15-12(17-20-13)10-4-3-5-14-16-10/h3-5,11H,2,6-9H2,1H3/t11-/m0/s1. The van der Waals surface area contributed by atoms with E-state index in [4.69, 9.17) is 9.26 Å². The van der Waals surface area contributed by atoms with Crippen molar-refractivity contribution in [2.75, 3.05) is 26.3 Å². The van der Waals surface area contributed by atoms with Gasteiger partial charge in [-0.1, -0.05) is 12.1 Å². The van der Waals surface area contributed by atoms with Crippen LogP contribution in [0.1, 0.15) is 25.3 Å². The third-order valence-corrected chi connectivity index (χ3v) is 3.40. The third kappa shape index (κ3) is 2.68. The van der Waals surface area contributed by atoms with Crippen molar-refractivity contribution in [2.24, 2.45) is 0 Å². The minimum atomic E-state index is 0.136. The van der Waals surface area contributed by atoms with E-state index in [-0.39, 0.29) is 6.04 Å². The normalized spacial score (nSPS) is 18.1. The first-order valence-electron chi connectivity index (χ1n) is 6.82. The number of ether oxygens (including phenoxy) is 1. The van der Waals surface area contributed by atoms with Gasteiger partial charge in [-0.05, 0) is 18.6 Å². The fourth-order valence-corrected chi connectivity index (χ4v) is 2.37. The van der Waals surface area contributed by atoms with E-state index in [9.17, 15) is 0 Å². The van der Waals surface area contributed by atoms with Crippen molar-refractivity contribution in [3.8, 4) is 11.5 Å². The molecule has 0 radical (unpaired) electrons. The highest BCUT2D eigenvalue weighted by Gasteiger charge is 2.26. The van der Waals surface area contributed by atoms with Crippen LogP contribution in [0.25, 0.3) is 11.5 Å². The van der Waals surface area contributed by atoms with Gasteiger partial charge in [-0.15, -0.1) is 5.10 Å². The van der Waals surface area contributed by atoms with E-state index < -0.39 is 0 Å². The van der Waals surface area contributed by atoms with Crippen LogP contribution in [0, 0.1) is 0 Å². The fraction of sp³-hybridized carbons (Fsp3) is 0.538. The maximum atomic E-state index is 5.41. The molecule has 2 aromatic rings. The van der Waals surface area contributed by atoms with Crippen molar-refractivity contribution in [3.63, 3.8) is 0 Å². The number of hydrogen-bond acceptors (Lipinski definition) is 7. The summed E-state index contributed by atoms with van der Waals surface area (Å²) in [5.41, 5.74) is 0.624. The molecule has 0 bridgehead atoms. The van der Waals surface area contributed by atoms with E-state index in [0.29, 0.717) is 17.4 Å². The van der Waals surface area contributed by atoms with E-state index in [2.05, 4.69) is 32.2 Å². The van der Waals surface area contributed by atoms with Gasteiger partial charge in [0, 0.05) is 19.3 Å². The summed E-state index contributed by atoms with van der Waals surface area (Å²) in [7, 11) is 0. The van der Waals surface area contributed by atoms with E-state index in [1.54, 1.807) is 12.3 Å². The summed E-state index contributed by atoms with van der Waals surface area (Å²) < 4.78 is 10.8. The monoisotopic (exact) mass is 275 g/mol. The quantitative estimate of drug-likeness (QED) is 0.832. The highest BCUT2D eigenvalue weighted by atomic mass is 16.5. The van der Waals surface area contributed by atoms with Crippen LogP contribution >= 0.6 is 0 Å². The highest BCUT2D eigenvalue weighted by Crippen LogP contribution is 2.25. The molecule has 1 atom stereocenters. The molecule has 7 heteroatoms. The summed E-state index contributed by atoms with van der Waals surface area (Å²) in [5.74, 6) is 1.12. The van der Waals surface area contributed by atoms with Gasteiger partial charge < -0.3 is 9.26 Å². The molecule has 0 unspecified atom stereocenters. The molecule has 0 spiro atoms. The summed E-state index contributed by atoms with van der Waals surface area (Å²) in [6, 6.07) is 3.76. The van der Waals surface area contributed by atoms with E-state index in [1.807, 2.05) is 6.07 Å². The average Bonchev–Trinajstić information content (AvgIpc) is 3.00. The number of nitrogens with zero attached hydrogens (tertiary/aromatic N) is 5. The molecule has 1 aliphatic heterocycles. The molecule has 20 heavy (non-hydrogen) atoms. The summed E-state index contributed by atoms with van der Waals surface area (Å²) >= 11 is 0. The molecular formula is C13H17N5O2. The van der Waals surface area contributed by atoms with Gasteiger partial charge in [-0.2, -0.15) is 10.1 Å². The number of rotatable bonds is 4. The summed E-state index contributed by atoms with van der Waals surface area (Å²) in [6.07, 6.45) is 2.54. The molecule has 1 fully saturated rings. The van der Waals surface area contributed by atoms with Crippen molar-refractivity contribution in [1.82, 2.24) is 25.2 Å². The maximum absolute atomic E-state index is 5.41. The largest absolute Gasteiger partial charge is 0.379 e. The Morgan fingerprint density at radius 1 is 1.35 bits per heavy atom. The Kier molecular flexibility index (Phi) is 3.98. The van der Waals surface area contributed by atoms with Gasteiger partial charge in [-0.3, -0.25) is 4.90 Å². The zero-order chi connectivity index (χ0) is 13.8. The predicted molar refractivity (Wildman–Crippen MR) is 70.7 cm³/mol. The number of morpholine rings is 1. The van der Waals surface area contributed by atoms with E-state index >= 15 is 0 Å². The van der Waals surface area contributed by atoms with E-state index in [1.165, 1.54) is 0 Å². The van der Waals surface area contributed by atoms with Crippen LogP contribution < -0.4 is 0 Å². The Morgan fingerprint density at radius 3 is 2.90 bits per heavy atom. The van der Waals surface area contributed by atoms with Crippen molar-refractivity contribution >= 4 is 0 Å². The molecule has 7 nitrogen and oxygen atoms in total. The molecule has 3 heterocycles. The molecule has 1 aliphatic rings. The van der Waals surface area contributed by atoms with Gasteiger partial charge in [0.15, 0.2) is 0 Å². The van der Waals surface area contributed by atoms with Crippen molar-refractivity contribution in [3.05, 3.63) is 24.2 Å². The molecule has 0 aliphatic carbocycles. The SMILES string of the molecule is CC[C@@H](c1nc(-c2cccnn2)no1)N1CCOCC1. The minimum absolute atomic E-state index is 0.136. The summed E-state index contributed by atoms with van der Waals surface area (Å²) in [6.45, 7) is 5.40.